The molecule has 0 saturated heterocycles. The largest absolute Gasteiger partial charge is 0.459 e. The van der Waals surface area contributed by atoms with Crippen molar-refractivity contribution in [2.24, 2.45) is 5.92 Å². The van der Waals surface area contributed by atoms with Gasteiger partial charge in [-0.1, -0.05) is 44.2 Å². The molecule has 0 fully saturated rings. The monoisotopic (exact) mass is 371 g/mol. The third kappa shape index (κ3) is 5.99. The van der Waals surface area contributed by atoms with Gasteiger partial charge in [-0.05, 0) is 30.5 Å². The summed E-state index contributed by atoms with van der Waals surface area (Å²) < 4.78 is 5.04. The van der Waals surface area contributed by atoms with Crippen LogP contribution in [0.5, 0.6) is 0 Å². The summed E-state index contributed by atoms with van der Waals surface area (Å²) in [5.41, 5.74) is 0.968. The van der Waals surface area contributed by atoms with E-state index in [1.807, 2.05) is 44.2 Å². The van der Waals surface area contributed by atoms with Gasteiger partial charge in [-0.25, -0.2) is 0 Å². The van der Waals surface area contributed by atoms with Gasteiger partial charge in [0, 0.05) is 6.54 Å². The molecule has 1 heterocycles. The lowest BCUT2D eigenvalue weighted by atomic mass is 10.0. The van der Waals surface area contributed by atoms with Gasteiger partial charge in [-0.2, -0.15) is 0 Å². The zero-order chi connectivity index (χ0) is 19.8. The molecule has 7 heteroatoms. The molecule has 3 amide bonds. The quantitative estimate of drug-likeness (QED) is 0.659. The maximum absolute atomic E-state index is 12.5. The highest BCUT2D eigenvalue weighted by Gasteiger charge is 2.27. The molecule has 0 bridgehead atoms. The van der Waals surface area contributed by atoms with E-state index in [-0.39, 0.29) is 17.6 Å². The van der Waals surface area contributed by atoms with Crippen molar-refractivity contribution in [1.29, 1.82) is 0 Å². The summed E-state index contributed by atoms with van der Waals surface area (Å²) in [6, 6.07) is 11.1. The number of carbonyl (C=O) groups is 3. The predicted molar refractivity (Wildman–Crippen MR) is 101 cm³/mol. The van der Waals surface area contributed by atoms with E-state index in [2.05, 4.69) is 16.0 Å². The highest BCUT2D eigenvalue weighted by atomic mass is 16.3. The topological polar surface area (TPSA) is 100 Å². The zero-order valence-electron chi connectivity index (χ0n) is 15.7. The molecule has 0 unspecified atom stereocenters. The SMILES string of the molecule is CC(C)[C@H](NC(=O)c1ccco1)C(=O)N[C@@H](C)C(=O)NCc1ccccc1. The van der Waals surface area contributed by atoms with Crippen LogP contribution in [-0.2, 0) is 16.1 Å². The van der Waals surface area contributed by atoms with Gasteiger partial charge in [-0.15, -0.1) is 0 Å². The smallest absolute Gasteiger partial charge is 0.287 e. The van der Waals surface area contributed by atoms with Gasteiger partial charge >= 0.3 is 0 Å². The summed E-state index contributed by atoms with van der Waals surface area (Å²) >= 11 is 0. The van der Waals surface area contributed by atoms with E-state index in [1.165, 1.54) is 12.3 Å². The van der Waals surface area contributed by atoms with Crippen LogP contribution in [0.1, 0.15) is 36.9 Å². The summed E-state index contributed by atoms with van der Waals surface area (Å²) in [5, 5.41) is 8.08. The molecule has 1 aromatic carbocycles. The summed E-state index contributed by atoms with van der Waals surface area (Å²) in [6.07, 6.45) is 1.39. The highest BCUT2D eigenvalue weighted by molar-refractivity contribution is 5.96. The summed E-state index contributed by atoms with van der Waals surface area (Å²) in [7, 11) is 0. The first kappa shape index (κ1) is 20.2. The molecule has 2 rings (SSSR count). The van der Waals surface area contributed by atoms with E-state index in [4.69, 9.17) is 4.42 Å². The molecule has 7 nitrogen and oxygen atoms in total. The van der Waals surface area contributed by atoms with Crippen molar-refractivity contribution in [2.45, 2.75) is 39.4 Å². The number of amides is 3. The van der Waals surface area contributed by atoms with Crippen LogP contribution >= 0.6 is 0 Å². The Labute approximate surface area is 158 Å². The van der Waals surface area contributed by atoms with E-state index in [0.717, 1.165) is 5.56 Å². The molecule has 0 spiro atoms. The fourth-order valence-corrected chi connectivity index (χ4v) is 2.46. The van der Waals surface area contributed by atoms with Gasteiger partial charge in [0.25, 0.3) is 5.91 Å². The van der Waals surface area contributed by atoms with Crippen molar-refractivity contribution in [3.63, 3.8) is 0 Å². The number of benzene rings is 1. The second kappa shape index (κ2) is 9.56. The van der Waals surface area contributed by atoms with Crippen molar-refractivity contribution in [3.05, 3.63) is 60.1 Å². The van der Waals surface area contributed by atoms with E-state index in [0.29, 0.717) is 6.54 Å². The Bertz CT molecular complexity index is 757. The van der Waals surface area contributed by atoms with Gasteiger partial charge in [-0.3, -0.25) is 14.4 Å². The summed E-state index contributed by atoms with van der Waals surface area (Å²) in [6.45, 7) is 5.60. The Morgan fingerprint density at radius 2 is 1.63 bits per heavy atom. The summed E-state index contributed by atoms with van der Waals surface area (Å²) in [4.78, 5) is 36.9. The normalized spacial score (nSPS) is 12.9. The van der Waals surface area contributed by atoms with Crippen LogP contribution in [0, 0.1) is 5.92 Å². The van der Waals surface area contributed by atoms with Crippen molar-refractivity contribution in [3.8, 4) is 0 Å². The highest BCUT2D eigenvalue weighted by Crippen LogP contribution is 2.06. The van der Waals surface area contributed by atoms with E-state index < -0.39 is 23.9 Å². The van der Waals surface area contributed by atoms with Gasteiger partial charge < -0.3 is 20.4 Å². The molecule has 2 atom stereocenters. The van der Waals surface area contributed by atoms with Crippen molar-refractivity contribution >= 4 is 17.7 Å². The predicted octanol–water partition coefficient (Wildman–Crippen LogP) is 1.86. The third-order valence-electron chi connectivity index (χ3n) is 4.04. The number of nitrogens with one attached hydrogen (secondary N) is 3. The molecule has 2 aromatic rings. The fourth-order valence-electron chi connectivity index (χ4n) is 2.46. The number of rotatable bonds is 8. The molecule has 0 aliphatic carbocycles. The number of hydrogen-bond donors (Lipinski definition) is 3. The number of furan rings is 1. The second-order valence-corrected chi connectivity index (χ2v) is 6.61. The number of carbonyl (C=O) groups excluding carboxylic acids is 3. The van der Waals surface area contributed by atoms with Crippen LogP contribution in [0.2, 0.25) is 0 Å². The molecular weight excluding hydrogens is 346 g/mol. The molecule has 0 saturated carbocycles. The minimum Gasteiger partial charge on any atom is -0.459 e. The van der Waals surface area contributed by atoms with Gasteiger partial charge in [0.1, 0.15) is 12.1 Å². The third-order valence-corrected chi connectivity index (χ3v) is 4.04. The molecule has 0 radical (unpaired) electrons. The van der Waals surface area contributed by atoms with Gasteiger partial charge in [0.2, 0.25) is 11.8 Å². The van der Waals surface area contributed by atoms with Crippen LogP contribution in [0.15, 0.2) is 53.1 Å². The lowest BCUT2D eigenvalue weighted by Gasteiger charge is -2.23. The first-order chi connectivity index (χ1) is 12.9. The average molecular weight is 371 g/mol. The minimum absolute atomic E-state index is 0.127. The first-order valence-corrected chi connectivity index (χ1v) is 8.85. The van der Waals surface area contributed by atoms with E-state index in [1.54, 1.807) is 13.0 Å². The van der Waals surface area contributed by atoms with Crippen LogP contribution in [0.25, 0.3) is 0 Å². The van der Waals surface area contributed by atoms with Crippen LogP contribution < -0.4 is 16.0 Å². The van der Waals surface area contributed by atoms with Crippen molar-refractivity contribution < 1.29 is 18.8 Å². The molecule has 0 aliphatic heterocycles. The van der Waals surface area contributed by atoms with Gasteiger partial charge in [0.05, 0.1) is 6.26 Å². The molecule has 0 aliphatic rings. The van der Waals surface area contributed by atoms with Crippen LogP contribution in [0.3, 0.4) is 0 Å². The zero-order valence-corrected chi connectivity index (χ0v) is 15.7. The minimum atomic E-state index is -0.785. The molecular formula is C20H25N3O4. The Kier molecular flexibility index (Phi) is 7.16. The maximum atomic E-state index is 12.5. The Hall–Kier alpha value is -3.09. The molecule has 144 valence electrons. The van der Waals surface area contributed by atoms with E-state index in [9.17, 15) is 14.4 Å². The Morgan fingerprint density at radius 3 is 2.22 bits per heavy atom. The number of hydrogen-bond acceptors (Lipinski definition) is 4. The van der Waals surface area contributed by atoms with E-state index >= 15 is 0 Å². The lowest BCUT2D eigenvalue weighted by Crippen LogP contribution is -2.54. The lowest BCUT2D eigenvalue weighted by molar-refractivity contribution is -0.130. The average Bonchev–Trinajstić information content (AvgIpc) is 3.19. The molecule has 27 heavy (non-hydrogen) atoms. The standard InChI is InChI=1S/C20H25N3O4/c1-13(2)17(23-19(25)16-10-7-11-27-16)20(26)22-14(3)18(24)21-12-15-8-5-4-6-9-15/h4-11,13-14,17H,12H2,1-3H3,(H,21,24)(H,22,26)(H,23,25)/t14-,17-/m0/s1. The Balaban J connectivity index is 1.89. The molecule has 1 aromatic heterocycles. The van der Waals surface area contributed by atoms with Gasteiger partial charge in [0.15, 0.2) is 5.76 Å². The van der Waals surface area contributed by atoms with Crippen LogP contribution in [-0.4, -0.2) is 29.8 Å². The van der Waals surface area contributed by atoms with Crippen molar-refractivity contribution in [1.82, 2.24) is 16.0 Å². The summed E-state index contributed by atoms with van der Waals surface area (Å²) in [5.74, 6) is -1.24. The second-order valence-electron chi connectivity index (χ2n) is 6.61. The first-order valence-electron chi connectivity index (χ1n) is 8.85. The fraction of sp³-hybridized carbons (Fsp3) is 0.350. The van der Waals surface area contributed by atoms with Crippen LogP contribution in [0.4, 0.5) is 0 Å². The molecule has 3 N–H and O–H groups in total. The maximum Gasteiger partial charge on any atom is 0.287 e. The van der Waals surface area contributed by atoms with Crippen molar-refractivity contribution in [2.75, 3.05) is 0 Å². The Morgan fingerprint density at radius 1 is 0.926 bits per heavy atom.